The summed E-state index contributed by atoms with van der Waals surface area (Å²) >= 11 is 0. The zero-order chi connectivity index (χ0) is 7.52. The number of hydrogen-bond acceptors (Lipinski definition) is 1. The fraction of sp³-hybridized carbons (Fsp3) is 0.100. The van der Waals surface area contributed by atoms with Gasteiger partial charge in [0.05, 0.1) is 0 Å². The molecule has 1 aromatic rings. The Morgan fingerprint density at radius 1 is 1.08 bits per heavy atom. The predicted octanol–water partition coefficient (Wildman–Crippen LogP) is 3.44. The van der Waals surface area contributed by atoms with Crippen LogP contribution in [0.4, 0.5) is 0 Å². The van der Waals surface area contributed by atoms with E-state index in [4.69, 9.17) is 0 Å². The highest BCUT2D eigenvalue weighted by Gasteiger charge is 1.97. The molecule has 0 aliphatic carbocycles. The second-order valence-corrected chi connectivity index (χ2v) is 2.55. The lowest BCUT2D eigenvalue weighted by Crippen LogP contribution is -1.87. The van der Waals surface area contributed by atoms with Crippen LogP contribution in [0.15, 0.2) is 35.5 Å². The minimum atomic E-state index is 0. The third kappa shape index (κ3) is 3.08. The highest BCUT2D eigenvalue weighted by atomic mass is 79.9. The maximum atomic E-state index is 4.08. The van der Waals surface area contributed by atoms with Gasteiger partial charge in [-0.15, -0.1) is 34.0 Å². The summed E-state index contributed by atoms with van der Waals surface area (Å²) in [5.41, 5.74) is 2.63. The van der Waals surface area contributed by atoms with Crippen LogP contribution in [-0.2, 0) is 6.42 Å². The van der Waals surface area contributed by atoms with Gasteiger partial charge in [-0.05, 0) is 17.2 Å². The summed E-state index contributed by atoms with van der Waals surface area (Å²) in [5, 5.41) is 0. The van der Waals surface area contributed by atoms with Gasteiger partial charge in [0.25, 0.3) is 0 Å². The largest absolute Gasteiger partial charge is 0.269 e. The molecule has 0 unspecified atom stereocenters. The number of fused-ring (bicyclic) bond motifs is 1. The second-order valence-electron chi connectivity index (χ2n) is 2.55. The molecule has 0 saturated carbocycles. The van der Waals surface area contributed by atoms with Crippen molar-refractivity contribution in [3.05, 3.63) is 41.6 Å². The first kappa shape index (κ1) is 12.6. The van der Waals surface area contributed by atoms with Gasteiger partial charge in [0, 0.05) is 18.8 Å². The van der Waals surface area contributed by atoms with Crippen LogP contribution in [0.2, 0.25) is 0 Å². The van der Waals surface area contributed by atoms with Crippen LogP contribution in [0.25, 0.3) is 6.08 Å². The quantitative estimate of drug-likeness (QED) is 0.696. The topological polar surface area (TPSA) is 12.4 Å². The summed E-state index contributed by atoms with van der Waals surface area (Å²) < 4.78 is 0. The van der Waals surface area contributed by atoms with Crippen molar-refractivity contribution in [2.24, 2.45) is 4.99 Å². The van der Waals surface area contributed by atoms with Crippen molar-refractivity contribution in [1.29, 1.82) is 0 Å². The number of aliphatic imine (C=N–C) groups is 1. The number of hydrogen-bond donors (Lipinski definition) is 0. The fourth-order valence-electron chi connectivity index (χ4n) is 1.22. The first-order valence-electron chi connectivity index (χ1n) is 3.73. The fourth-order valence-corrected chi connectivity index (χ4v) is 1.22. The first-order chi connectivity index (χ1) is 5.47. The van der Waals surface area contributed by atoms with Crippen molar-refractivity contribution in [3.63, 3.8) is 0 Å². The van der Waals surface area contributed by atoms with Crippen molar-refractivity contribution >= 4 is 46.3 Å². The standard InChI is InChI=1S/C10H9N.2BrH/c1-2-4-10-6-8-11-7-5-9(10)3-1;;/h1-5,7-8H,6H2;2*1H. The minimum Gasteiger partial charge on any atom is -0.269 e. The van der Waals surface area contributed by atoms with Gasteiger partial charge in [-0.1, -0.05) is 24.3 Å². The van der Waals surface area contributed by atoms with Crippen molar-refractivity contribution in [1.82, 2.24) is 0 Å². The van der Waals surface area contributed by atoms with Gasteiger partial charge >= 0.3 is 0 Å². The van der Waals surface area contributed by atoms with Gasteiger partial charge in [0.1, 0.15) is 0 Å². The van der Waals surface area contributed by atoms with Gasteiger partial charge in [-0.25, -0.2) is 0 Å². The average Bonchev–Trinajstić information content (AvgIpc) is 2.28. The molecule has 70 valence electrons. The predicted molar refractivity (Wildman–Crippen MR) is 68.3 cm³/mol. The lowest BCUT2D eigenvalue weighted by molar-refractivity contribution is 1.35. The van der Waals surface area contributed by atoms with E-state index in [-0.39, 0.29) is 34.0 Å². The Morgan fingerprint density at radius 2 is 1.85 bits per heavy atom. The van der Waals surface area contributed by atoms with Crippen LogP contribution in [0.1, 0.15) is 11.1 Å². The van der Waals surface area contributed by atoms with Gasteiger partial charge in [-0.3, -0.25) is 4.99 Å². The van der Waals surface area contributed by atoms with Gasteiger partial charge in [-0.2, -0.15) is 0 Å². The number of rotatable bonds is 0. The van der Waals surface area contributed by atoms with Crippen molar-refractivity contribution < 1.29 is 0 Å². The van der Waals surface area contributed by atoms with E-state index < -0.39 is 0 Å². The van der Waals surface area contributed by atoms with Crippen molar-refractivity contribution in [3.8, 4) is 0 Å². The Hall–Kier alpha value is -0.410. The van der Waals surface area contributed by atoms with E-state index in [1.54, 1.807) is 0 Å². The van der Waals surface area contributed by atoms with Gasteiger partial charge in [0.15, 0.2) is 0 Å². The van der Waals surface area contributed by atoms with Crippen LogP contribution in [-0.4, -0.2) is 6.21 Å². The molecule has 1 aliphatic heterocycles. The summed E-state index contributed by atoms with van der Waals surface area (Å²) in [6.07, 6.45) is 6.76. The monoisotopic (exact) mass is 303 g/mol. The molecular formula is C10H11Br2N. The Morgan fingerprint density at radius 3 is 2.69 bits per heavy atom. The average molecular weight is 305 g/mol. The number of nitrogens with zero attached hydrogens (tertiary/aromatic N) is 1. The molecule has 0 aromatic heterocycles. The third-order valence-electron chi connectivity index (χ3n) is 1.81. The van der Waals surface area contributed by atoms with Crippen LogP contribution < -0.4 is 0 Å². The summed E-state index contributed by atoms with van der Waals surface area (Å²) in [6, 6.07) is 8.36. The number of halogens is 2. The Bertz CT molecular complexity index is 318. The highest BCUT2D eigenvalue weighted by molar-refractivity contribution is 8.93. The van der Waals surface area contributed by atoms with E-state index in [0.717, 1.165) is 6.42 Å². The second kappa shape index (κ2) is 6.11. The Labute approximate surface area is 99.1 Å². The molecule has 0 saturated heterocycles. The van der Waals surface area contributed by atoms with E-state index >= 15 is 0 Å². The van der Waals surface area contributed by atoms with Crippen molar-refractivity contribution in [2.45, 2.75) is 6.42 Å². The van der Waals surface area contributed by atoms with Crippen molar-refractivity contribution in [2.75, 3.05) is 0 Å². The van der Waals surface area contributed by atoms with Crippen LogP contribution >= 0.6 is 34.0 Å². The molecule has 2 rings (SSSR count). The molecule has 1 nitrogen and oxygen atoms in total. The van der Waals surface area contributed by atoms with E-state index in [1.807, 2.05) is 18.5 Å². The van der Waals surface area contributed by atoms with E-state index in [2.05, 4.69) is 29.3 Å². The molecular weight excluding hydrogens is 294 g/mol. The molecule has 0 N–H and O–H groups in total. The molecule has 0 fully saturated rings. The molecule has 0 radical (unpaired) electrons. The Kier molecular flexibility index (Phi) is 5.91. The summed E-state index contributed by atoms with van der Waals surface area (Å²) in [4.78, 5) is 4.08. The first-order valence-corrected chi connectivity index (χ1v) is 3.73. The van der Waals surface area contributed by atoms with Crippen LogP contribution in [0.5, 0.6) is 0 Å². The van der Waals surface area contributed by atoms with E-state index in [0.29, 0.717) is 0 Å². The molecule has 1 aromatic carbocycles. The zero-order valence-corrected chi connectivity index (χ0v) is 10.4. The molecule has 3 heteroatoms. The van der Waals surface area contributed by atoms with Crippen LogP contribution in [0, 0.1) is 0 Å². The van der Waals surface area contributed by atoms with E-state index in [1.165, 1.54) is 11.1 Å². The molecule has 1 aliphatic rings. The molecule has 0 amide bonds. The zero-order valence-electron chi connectivity index (χ0n) is 7.01. The smallest absolute Gasteiger partial charge is 0.0270 e. The lowest BCUT2D eigenvalue weighted by Gasteiger charge is -1.98. The summed E-state index contributed by atoms with van der Waals surface area (Å²) in [6.45, 7) is 0. The lowest BCUT2D eigenvalue weighted by atomic mass is 10.1. The number of benzene rings is 1. The Balaban J connectivity index is 0.000000720. The van der Waals surface area contributed by atoms with Crippen LogP contribution in [0.3, 0.4) is 0 Å². The molecule has 13 heavy (non-hydrogen) atoms. The van der Waals surface area contributed by atoms with Gasteiger partial charge in [0.2, 0.25) is 0 Å². The van der Waals surface area contributed by atoms with Gasteiger partial charge < -0.3 is 0 Å². The molecule has 0 bridgehead atoms. The van der Waals surface area contributed by atoms with E-state index in [9.17, 15) is 0 Å². The highest BCUT2D eigenvalue weighted by Crippen LogP contribution is 2.12. The molecule has 0 spiro atoms. The minimum absolute atomic E-state index is 0. The summed E-state index contributed by atoms with van der Waals surface area (Å²) in [7, 11) is 0. The maximum Gasteiger partial charge on any atom is 0.0270 e. The summed E-state index contributed by atoms with van der Waals surface area (Å²) in [5.74, 6) is 0. The SMILES string of the molecule is Br.Br.C1=Cc2ccccc2CC=N1. The normalized spacial score (nSPS) is 12.0. The maximum absolute atomic E-state index is 4.08. The molecule has 0 atom stereocenters. The molecule has 1 heterocycles. The third-order valence-corrected chi connectivity index (χ3v) is 1.81.